The van der Waals surface area contributed by atoms with Crippen LogP contribution in [0.1, 0.15) is 42.6 Å². The molecule has 2 N–H and O–H groups in total. The normalized spacial score (nSPS) is 15.8. The van der Waals surface area contributed by atoms with Crippen molar-refractivity contribution in [3.8, 4) is 0 Å². The quantitative estimate of drug-likeness (QED) is 0.858. The van der Waals surface area contributed by atoms with Crippen LogP contribution in [0.2, 0.25) is 0 Å². The maximum atomic E-state index is 9.51. The molecule has 2 aromatic rings. The summed E-state index contributed by atoms with van der Waals surface area (Å²) in [5, 5.41) is 12.9. The third-order valence-corrected chi connectivity index (χ3v) is 4.20. The smallest absolute Gasteiger partial charge is 0.225 e. The van der Waals surface area contributed by atoms with Crippen LogP contribution >= 0.6 is 0 Å². The molecule has 5 nitrogen and oxygen atoms in total. The van der Waals surface area contributed by atoms with Crippen LogP contribution in [-0.2, 0) is 13.1 Å². The summed E-state index contributed by atoms with van der Waals surface area (Å²) in [5.41, 5.74) is 3.23. The molecule has 3 rings (SSSR count). The highest BCUT2D eigenvalue weighted by molar-refractivity contribution is 5.31. The minimum atomic E-state index is -0.414. The molecule has 0 unspecified atom stereocenters. The summed E-state index contributed by atoms with van der Waals surface area (Å²) in [4.78, 5) is 11.2. The van der Waals surface area contributed by atoms with Gasteiger partial charge in [-0.15, -0.1) is 0 Å². The number of hydrogen-bond acceptors (Lipinski definition) is 5. The second-order valence-electron chi connectivity index (χ2n) is 6.11. The van der Waals surface area contributed by atoms with E-state index in [2.05, 4.69) is 20.2 Å². The monoisotopic (exact) mass is 312 g/mol. The molecule has 0 spiro atoms. The number of aliphatic hydroxyl groups is 1. The van der Waals surface area contributed by atoms with E-state index in [1.54, 1.807) is 6.92 Å². The topological polar surface area (TPSA) is 61.3 Å². The Hall–Kier alpha value is -1.98. The first-order valence-corrected chi connectivity index (χ1v) is 8.26. The lowest BCUT2D eigenvalue weighted by Gasteiger charge is -2.14. The number of nitrogens with zero attached hydrogens (tertiary/aromatic N) is 3. The maximum absolute atomic E-state index is 9.51. The Morgan fingerprint density at radius 3 is 2.26 bits per heavy atom. The molecule has 5 heteroatoms. The van der Waals surface area contributed by atoms with Crippen molar-refractivity contribution in [2.24, 2.45) is 0 Å². The van der Waals surface area contributed by atoms with E-state index in [1.807, 2.05) is 36.7 Å². The number of rotatable bonds is 6. The van der Waals surface area contributed by atoms with E-state index >= 15 is 0 Å². The van der Waals surface area contributed by atoms with E-state index in [4.69, 9.17) is 0 Å². The zero-order valence-electron chi connectivity index (χ0n) is 13.6. The average molecular weight is 312 g/mol. The standard InChI is InChI=1S/C18H24N4O/c1-14(23)17-6-4-15(5-7-17)10-19-11-16-12-20-18(21-13-16)22-8-2-3-9-22/h4-7,12-14,19,23H,2-3,8-11H2,1H3/t14-/m0/s1. The molecule has 0 saturated carbocycles. The van der Waals surface area contributed by atoms with Gasteiger partial charge in [-0.3, -0.25) is 0 Å². The highest BCUT2D eigenvalue weighted by Crippen LogP contribution is 2.15. The highest BCUT2D eigenvalue weighted by Gasteiger charge is 2.14. The molecule has 1 saturated heterocycles. The Labute approximate surface area is 137 Å². The Morgan fingerprint density at radius 1 is 1.04 bits per heavy atom. The summed E-state index contributed by atoms with van der Waals surface area (Å²) in [6, 6.07) is 8.02. The fourth-order valence-electron chi connectivity index (χ4n) is 2.78. The molecular formula is C18H24N4O. The van der Waals surface area contributed by atoms with Crippen LogP contribution in [0.3, 0.4) is 0 Å². The Kier molecular flexibility index (Phi) is 5.20. The van der Waals surface area contributed by atoms with Crippen LogP contribution in [-0.4, -0.2) is 28.2 Å². The molecule has 0 aliphatic carbocycles. The SMILES string of the molecule is C[C@H](O)c1ccc(CNCc2cnc(N3CCCC3)nc2)cc1. The van der Waals surface area contributed by atoms with Gasteiger partial charge < -0.3 is 15.3 Å². The van der Waals surface area contributed by atoms with Gasteiger partial charge >= 0.3 is 0 Å². The van der Waals surface area contributed by atoms with Gasteiger partial charge in [0.2, 0.25) is 5.95 Å². The third-order valence-electron chi connectivity index (χ3n) is 4.20. The Morgan fingerprint density at radius 2 is 1.65 bits per heavy atom. The average Bonchev–Trinajstić information content (AvgIpc) is 3.10. The Balaban J connectivity index is 1.48. The van der Waals surface area contributed by atoms with Gasteiger partial charge in [0, 0.05) is 44.1 Å². The number of anilines is 1. The lowest BCUT2D eigenvalue weighted by Crippen LogP contribution is -2.20. The zero-order chi connectivity index (χ0) is 16.1. The van der Waals surface area contributed by atoms with Crippen LogP contribution in [0.15, 0.2) is 36.7 Å². The molecule has 0 bridgehead atoms. The predicted molar refractivity (Wildman–Crippen MR) is 91.1 cm³/mol. The maximum Gasteiger partial charge on any atom is 0.225 e. The summed E-state index contributed by atoms with van der Waals surface area (Å²) >= 11 is 0. The van der Waals surface area contributed by atoms with Crippen molar-refractivity contribution >= 4 is 5.95 Å². The van der Waals surface area contributed by atoms with Crippen LogP contribution in [0.25, 0.3) is 0 Å². The molecule has 122 valence electrons. The number of nitrogens with one attached hydrogen (secondary N) is 1. The number of aliphatic hydroxyl groups excluding tert-OH is 1. The fraction of sp³-hybridized carbons (Fsp3) is 0.444. The van der Waals surface area contributed by atoms with E-state index in [1.165, 1.54) is 18.4 Å². The minimum Gasteiger partial charge on any atom is -0.389 e. The first-order chi connectivity index (χ1) is 11.2. The summed E-state index contributed by atoms with van der Waals surface area (Å²) in [6.07, 6.45) is 5.87. The van der Waals surface area contributed by atoms with Crippen LogP contribution in [0.5, 0.6) is 0 Å². The van der Waals surface area contributed by atoms with Crippen molar-refractivity contribution in [2.45, 2.75) is 39.0 Å². The molecule has 2 heterocycles. The van der Waals surface area contributed by atoms with E-state index in [9.17, 15) is 5.11 Å². The molecular weight excluding hydrogens is 288 g/mol. The van der Waals surface area contributed by atoms with E-state index in [0.717, 1.165) is 43.3 Å². The first kappa shape index (κ1) is 15.9. The van der Waals surface area contributed by atoms with Gasteiger partial charge in [0.05, 0.1) is 6.10 Å². The fourth-order valence-corrected chi connectivity index (χ4v) is 2.78. The summed E-state index contributed by atoms with van der Waals surface area (Å²) in [6.45, 7) is 5.45. The molecule has 23 heavy (non-hydrogen) atoms. The first-order valence-electron chi connectivity index (χ1n) is 8.26. The zero-order valence-corrected chi connectivity index (χ0v) is 13.6. The van der Waals surface area contributed by atoms with E-state index in [0.29, 0.717) is 0 Å². The van der Waals surface area contributed by atoms with E-state index in [-0.39, 0.29) is 0 Å². The number of aromatic nitrogens is 2. The summed E-state index contributed by atoms with van der Waals surface area (Å²) < 4.78 is 0. The molecule has 1 aromatic heterocycles. The Bertz CT molecular complexity index is 604. The van der Waals surface area contributed by atoms with Gasteiger partial charge in [0.1, 0.15) is 0 Å². The van der Waals surface area contributed by atoms with Gasteiger partial charge in [-0.25, -0.2) is 9.97 Å². The van der Waals surface area contributed by atoms with Gasteiger partial charge in [-0.05, 0) is 30.9 Å². The van der Waals surface area contributed by atoms with Crippen molar-refractivity contribution in [1.82, 2.24) is 15.3 Å². The van der Waals surface area contributed by atoms with Gasteiger partial charge in [-0.2, -0.15) is 0 Å². The summed E-state index contributed by atoms with van der Waals surface area (Å²) in [7, 11) is 0. The molecule has 1 fully saturated rings. The molecule has 0 radical (unpaired) electrons. The van der Waals surface area contributed by atoms with Gasteiger partial charge in [-0.1, -0.05) is 24.3 Å². The third kappa shape index (κ3) is 4.27. The lowest BCUT2D eigenvalue weighted by atomic mass is 10.1. The molecule has 1 atom stereocenters. The summed E-state index contributed by atoms with van der Waals surface area (Å²) in [5.74, 6) is 0.847. The lowest BCUT2D eigenvalue weighted by molar-refractivity contribution is 0.199. The van der Waals surface area contributed by atoms with Crippen molar-refractivity contribution in [1.29, 1.82) is 0 Å². The molecule has 1 aliphatic rings. The van der Waals surface area contributed by atoms with Gasteiger partial charge in [0.15, 0.2) is 0 Å². The predicted octanol–water partition coefficient (Wildman–Crippen LogP) is 2.42. The van der Waals surface area contributed by atoms with Gasteiger partial charge in [0.25, 0.3) is 0 Å². The number of hydrogen-bond donors (Lipinski definition) is 2. The molecule has 1 aliphatic heterocycles. The van der Waals surface area contributed by atoms with Crippen molar-refractivity contribution in [3.05, 3.63) is 53.3 Å². The highest BCUT2D eigenvalue weighted by atomic mass is 16.3. The largest absolute Gasteiger partial charge is 0.389 e. The van der Waals surface area contributed by atoms with Crippen molar-refractivity contribution < 1.29 is 5.11 Å². The van der Waals surface area contributed by atoms with E-state index < -0.39 is 6.10 Å². The van der Waals surface area contributed by atoms with Crippen molar-refractivity contribution in [3.63, 3.8) is 0 Å². The number of benzene rings is 1. The molecule has 0 amide bonds. The van der Waals surface area contributed by atoms with Crippen LogP contribution in [0, 0.1) is 0 Å². The van der Waals surface area contributed by atoms with Crippen LogP contribution in [0.4, 0.5) is 5.95 Å². The second-order valence-corrected chi connectivity index (χ2v) is 6.11. The molecule has 1 aromatic carbocycles. The van der Waals surface area contributed by atoms with Crippen LogP contribution < -0.4 is 10.2 Å². The second kappa shape index (κ2) is 7.53. The van der Waals surface area contributed by atoms with Crippen molar-refractivity contribution in [2.75, 3.05) is 18.0 Å². The minimum absolute atomic E-state index is 0.414.